The van der Waals surface area contributed by atoms with Crippen molar-refractivity contribution < 1.29 is 9.18 Å². The first-order valence-electron chi connectivity index (χ1n) is 4.46. The molecule has 2 N–H and O–H groups in total. The van der Waals surface area contributed by atoms with Crippen LogP contribution in [0.15, 0.2) is 16.7 Å². The Kier molecular flexibility index (Phi) is 2.70. The maximum Gasteiger partial charge on any atom is 0.228 e. The zero-order chi connectivity index (χ0) is 11.0. The normalized spacial score (nSPS) is 21.1. The molecule has 1 amide bonds. The van der Waals surface area contributed by atoms with Crippen molar-refractivity contribution in [1.82, 2.24) is 4.98 Å². The number of carbonyl (C=O) groups excluding carboxylic acids is 1. The van der Waals surface area contributed by atoms with Crippen LogP contribution in [0.1, 0.15) is 6.42 Å². The van der Waals surface area contributed by atoms with Gasteiger partial charge in [0.2, 0.25) is 11.9 Å². The molecule has 0 saturated carbocycles. The monoisotopic (exact) mass is 273 g/mol. The highest BCUT2D eigenvalue weighted by molar-refractivity contribution is 9.10. The first-order chi connectivity index (χ1) is 7.08. The number of nitrogens with zero attached hydrogens (tertiary/aromatic N) is 2. The lowest BCUT2D eigenvalue weighted by atomic mass is 10.3. The van der Waals surface area contributed by atoms with Gasteiger partial charge in [-0.2, -0.15) is 4.39 Å². The van der Waals surface area contributed by atoms with Crippen molar-refractivity contribution in [3.8, 4) is 0 Å². The Morgan fingerprint density at radius 3 is 2.87 bits per heavy atom. The van der Waals surface area contributed by atoms with E-state index in [-0.39, 0.29) is 11.9 Å². The molecule has 15 heavy (non-hydrogen) atoms. The fraction of sp³-hybridized carbons (Fsp3) is 0.333. The predicted molar refractivity (Wildman–Crippen MR) is 56.8 cm³/mol. The van der Waals surface area contributed by atoms with E-state index in [2.05, 4.69) is 20.9 Å². The summed E-state index contributed by atoms with van der Waals surface area (Å²) in [5, 5.41) is 0. The van der Waals surface area contributed by atoms with Gasteiger partial charge in [0, 0.05) is 19.0 Å². The highest BCUT2D eigenvalue weighted by atomic mass is 79.9. The molecule has 1 unspecified atom stereocenters. The number of halogens is 2. The maximum atomic E-state index is 12.7. The number of pyridine rings is 1. The van der Waals surface area contributed by atoms with Gasteiger partial charge in [-0.1, -0.05) is 0 Å². The van der Waals surface area contributed by atoms with Crippen LogP contribution in [0, 0.1) is 5.95 Å². The van der Waals surface area contributed by atoms with E-state index >= 15 is 0 Å². The smallest absolute Gasteiger partial charge is 0.228 e. The van der Waals surface area contributed by atoms with Crippen LogP contribution in [0.4, 0.5) is 10.1 Å². The van der Waals surface area contributed by atoms with Crippen molar-refractivity contribution in [3.63, 3.8) is 0 Å². The molecule has 2 rings (SSSR count). The average molecular weight is 274 g/mol. The number of hydrogen-bond acceptors (Lipinski definition) is 3. The molecule has 1 aliphatic rings. The minimum Gasteiger partial charge on any atom is -0.326 e. The fourth-order valence-electron chi connectivity index (χ4n) is 1.57. The van der Waals surface area contributed by atoms with Crippen LogP contribution in [0.2, 0.25) is 0 Å². The van der Waals surface area contributed by atoms with Crippen LogP contribution in [0.25, 0.3) is 0 Å². The molecule has 0 aromatic carbocycles. The lowest BCUT2D eigenvalue weighted by Gasteiger charge is -2.16. The molecule has 0 radical (unpaired) electrons. The molecular formula is C9H9BrFN3O. The molecule has 0 spiro atoms. The molecule has 6 heteroatoms. The van der Waals surface area contributed by atoms with Crippen molar-refractivity contribution in [2.24, 2.45) is 5.73 Å². The molecule has 4 nitrogen and oxygen atoms in total. The van der Waals surface area contributed by atoms with E-state index < -0.39 is 5.95 Å². The van der Waals surface area contributed by atoms with E-state index in [4.69, 9.17) is 5.73 Å². The topological polar surface area (TPSA) is 59.2 Å². The van der Waals surface area contributed by atoms with Crippen LogP contribution in [0.3, 0.4) is 0 Å². The second kappa shape index (κ2) is 3.86. The van der Waals surface area contributed by atoms with Crippen LogP contribution in [0.5, 0.6) is 0 Å². The molecule has 0 bridgehead atoms. The standard InChI is InChI=1S/C9H9BrFN3O/c10-9-6(1-2-7(11)13-9)14-4-5(12)3-8(14)15/h1-2,5H,3-4,12H2. The summed E-state index contributed by atoms with van der Waals surface area (Å²) in [6, 6.07) is 2.58. The quantitative estimate of drug-likeness (QED) is 0.779. The van der Waals surface area contributed by atoms with Gasteiger partial charge >= 0.3 is 0 Å². The van der Waals surface area contributed by atoms with Gasteiger partial charge in [0.25, 0.3) is 0 Å². The van der Waals surface area contributed by atoms with Crippen molar-refractivity contribution in [3.05, 3.63) is 22.7 Å². The van der Waals surface area contributed by atoms with E-state index in [1.165, 1.54) is 17.0 Å². The van der Waals surface area contributed by atoms with Gasteiger partial charge in [-0.25, -0.2) is 4.98 Å². The molecule has 0 aliphatic carbocycles. The van der Waals surface area contributed by atoms with Gasteiger partial charge in [-0.05, 0) is 28.1 Å². The summed E-state index contributed by atoms with van der Waals surface area (Å²) in [5.74, 6) is -0.641. The summed E-state index contributed by atoms with van der Waals surface area (Å²) in [4.78, 5) is 16.6. The molecule has 1 atom stereocenters. The van der Waals surface area contributed by atoms with E-state index in [0.29, 0.717) is 23.3 Å². The number of amides is 1. The second-order valence-electron chi connectivity index (χ2n) is 3.41. The number of hydrogen-bond donors (Lipinski definition) is 1. The van der Waals surface area contributed by atoms with Crippen LogP contribution in [-0.2, 0) is 4.79 Å². The maximum absolute atomic E-state index is 12.7. The summed E-state index contributed by atoms with van der Waals surface area (Å²) in [6.45, 7) is 0.449. The average Bonchev–Trinajstić information content (AvgIpc) is 2.45. The third-order valence-corrected chi connectivity index (χ3v) is 2.82. The summed E-state index contributed by atoms with van der Waals surface area (Å²) in [5.41, 5.74) is 6.22. The third-order valence-electron chi connectivity index (χ3n) is 2.24. The van der Waals surface area contributed by atoms with Crippen LogP contribution >= 0.6 is 15.9 Å². The van der Waals surface area contributed by atoms with Gasteiger partial charge in [-0.15, -0.1) is 0 Å². The Hall–Kier alpha value is -1.01. The molecule has 1 aromatic heterocycles. The zero-order valence-electron chi connectivity index (χ0n) is 7.78. The zero-order valence-corrected chi connectivity index (χ0v) is 9.37. The molecule has 2 heterocycles. The van der Waals surface area contributed by atoms with Crippen molar-refractivity contribution in [1.29, 1.82) is 0 Å². The fourth-order valence-corrected chi connectivity index (χ4v) is 2.09. The van der Waals surface area contributed by atoms with E-state index in [1.807, 2.05) is 0 Å². The third kappa shape index (κ3) is 2.00. The Morgan fingerprint density at radius 2 is 2.33 bits per heavy atom. The first-order valence-corrected chi connectivity index (χ1v) is 5.25. The van der Waals surface area contributed by atoms with Gasteiger partial charge in [0.15, 0.2) is 0 Å². The molecular weight excluding hydrogens is 265 g/mol. The second-order valence-corrected chi connectivity index (χ2v) is 4.16. The number of carbonyl (C=O) groups is 1. The molecule has 1 saturated heterocycles. The molecule has 1 fully saturated rings. The lowest BCUT2D eigenvalue weighted by molar-refractivity contribution is -0.117. The Morgan fingerprint density at radius 1 is 1.60 bits per heavy atom. The summed E-state index contributed by atoms with van der Waals surface area (Å²) in [7, 11) is 0. The molecule has 1 aliphatic heterocycles. The Labute approximate surface area is 94.4 Å². The lowest BCUT2D eigenvalue weighted by Crippen LogP contribution is -2.28. The number of nitrogens with two attached hydrogens (primary N) is 1. The highest BCUT2D eigenvalue weighted by Gasteiger charge is 2.29. The summed E-state index contributed by atoms with van der Waals surface area (Å²) in [6.07, 6.45) is 0.323. The highest BCUT2D eigenvalue weighted by Crippen LogP contribution is 2.27. The summed E-state index contributed by atoms with van der Waals surface area (Å²) >= 11 is 3.12. The van der Waals surface area contributed by atoms with Crippen molar-refractivity contribution >= 4 is 27.5 Å². The minimum atomic E-state index is -0.582. The van der Waals surface area contributed by atoms with Crippen molar-refractivity contribution in [2.45, 2.75) is 12.5 Å². The minimum absolute atomic E-state index is 0.0587. The summed E-state index contributed by atoms with van der Waals surface area (Å²) < 4.78 is 13.1. The van der Waals surface area contributed by atoms with Crippen molar-refractivity contribution in [2.75, 3.05) is 11.4 Å². The number of rotatable bonds is 1. The Balaban J connectivity index is 2.34. The largest absolute Gasteiger partial charge is 0.326 e. The molecule has 1 aromatic rings. The van der Waals surface area contributed by atoms with E-state index in [0.717, 1.165) is 0 Å². The SMILES string of the molecule is NC1CC(=O)N(c2ccc(F)nc2Br)C1. The van der Waals surface area contributed by atoms with Gasteiger partial charge < -0.3 is 10.6 Å². The van der Waals surface area contributed by atoms with Gasteiger partial charge in [0.1, 0.15) is 4.60 Å². The number of aromatic nitrogens is 1. The predicted octanol–water partition coefficient (Wildman–Crippen LogP) is 1.05. The van der Waals surface area contributed by atoms with Crippen LogP contribution < -0.4 is 10.6 Å². The van der Waals surface area contributed by atoms with Gasteiger partial charge in [-0.3, -0.25) is 4.79 Å². The first kappa shape index (κ1) is 10.5. The van der Waals surface area contributed by atoms with Gasteiger partial charge in [0.05, 0.1) is 5.69 Å². The number of anilines is 1. The van der Waals surface area contributed by atoms with E-state index in [1.54, 1.807) is 0 Å². The van der Waals surface area contributed by atoms with Crippen LogP contribution in [-0.4, -0.2) is 23.5 Å². The van der Waals surface area contributed by atoms with E-state index in [9.17, 15) is 9.18 Å². The Bertz CT molecular complexity index is 412. The molecule has 80 valence electrons.